The average molecular weight is 210 g/mol. The van der Waals surface area contributed by atoms with Crippen LogP contribution in [0.2, 0.25) is 0 Å². The number of allylic oxidation sites excluding steroid dienone is 1. The first-order chi connectivity index (χ1) is 6.73. The van der Waals surface area contributed by atoms with Crippen LogP contribution in [0.4, 0.5) is 0 Å². The number of ketones is 1. The fourth-order valence-corrected chi connectivity index (χ4v) is 1.85. The van der Waals surface area contributed by atoms with E-state index in [1.807, 2.05) is 20.8 Å². The van der Waals surface area contributed by atoms with Crippen LogP contribution < -0.4 is 0 Å². The molecule has 0 unspecified atom stereocenters. The van der Waals surface area contributed by atoms with Gasteiger partial charge in [0.25, 0.3) is 0 Å². The van der Waals surface area contributed by atoms with Crippen molar-refractivity contribution in [3.8, 4) is 0 Å². The Balaban J connectivity index is 2.62. The molecule has 0 aromatic heterocycles. The highest BCUT2D eigenvalue weighted by Gasteiger charge is 2.35. The van der Waals surface area contributed by atoms with Crippen LogP contribution in [0.1, 0.15) is 53.4 Å². The maximum atomic E-state index is 11.2. The molecule has 0 radical (unpaired) electrons. The first-order valence-corrected chi connectivity index (χ1v) is 5.63. The molecule has 15 heavy (non-hydrogen) atoms. The number of rotatable bonds is 2. The van der Waals surface area contributed by atoms with Crippen LogP contribution in [-0.4, -0.2) is 11.4 Å². The molecule has 0 aromatic carbocycles. The van der Waals surface area contributed by atoms with Crippen LogP contribution in [0.5, 0.6) is 0 Å². The number of carbonyl (C=O) groups excluding carboxylic acids is 1. The maximum Gasteiger partial charge on any atom is 0.132 e. The fraction of sp³-hybridized carbons (Fsp3) is 0.769. The highest BCUT2D eigenvalue weighted by molar-refractivity contribution is 5.79. The summed E-state index contributed by atoms with van der Waals surface area (Å²) in [5.74, 6) is 1.21. The monoisotopic (exact) mass is 210 g/mol. The Kier molecular flexibility index (Phi) is 3.27. The fourth-order valence-electron chi connectivity index (χ4n) is 1.85. The quantitative estimate of drug-likeness (QED) is 0.652. The van der Waals surface area contributed by atoms with Gasteiger partial charge in [-0.05, 0) is 33.6 Å². The summed E-state index contributed by atoms with van der Waals surface area (Å²) in [6.07, 6.45) is 3.09. The van der Waals surface area contributed by atoms with Gasteiger partial charge in [-0.1, -0.05) is 13.5 Å². The molecule has 0 aliphatic heterocycles. The van der Waals surface area contributed by atoms with E-state index >= 15 is 0 Å². The SMILES string of the molecule is C=C(OC(C)(C)C)C1(C)CCC(=O)CC1. The van der Waals surface area contributed by atoms with Gasteiger partial charge in [0.1, 0.15) is 11.4 Å². The molecule has 1 aliphatic carbocycles. The zero-order chi connectivity index (χ0) is 11.7. The predicted octanol–water partition coefficient (Wildman–Crippen LogP) is 3.46. The molecule has 0 amide bonds. The second-order valence-electron chi connectivity index (χ2n) is 5.74. The van der Waals surface area contributed by atoms with Crippen molar-refractivity contribution < 1.29 is 9.53 Å². The zero-order valence-electron chi connectivity index (χ0n) is 10.4. The van der Waals surface area contributed by atoms with Crippen molar-refractivity contribution in [1.29, 1.82) is 0 Å². The predicted molar refractivity (Wildman–Crippen MR) is 61.6 cm³/mol. The zero-order valence-corrected chi connectivity index (χ0v) is 10.4. The van der Waals surface area contributed by atoms with Crippen molar-refractivity contribution in [2.45, 2.75) is 59.0 Å². The largest absolute Gasteiger partial charge is 0.493 e. The lowest BCUT2D eigenvalue weighted by Crippen LogP contribution is -2.31. The van der Waals surface area contributed by atoms with E-state index in [-0.39, 0.29) is 11.0 Å². The van der Waals surface area contributed by atoms with E-state index in [0.717, 1.165) is 18.6 Å². The molecule has 1 saturated carbocycles. The van der Waals surface area contributed by atoms with Gasteiger partial charge in [0.05, 0.1) is 5.76 Å². The van der Waals surface area contributed by atoms with Gasteiger partial charge in [-0.3, -0.25) is 4.79 Å². The van der Waals surface area contributed by atoms with Gasteiger partial charge in [0.2, 0.25) is 0 Å². The molecule has 0 bridgehead atoms. The minimum absolute atomic E-state index is 0.0127. The standard InChI is InChI=1S/C13H22O2/c1-10(15-12(2,3)4)13(5)8-6-11(14)7-9-13/h1,6-9H2,2-5H3. The summed E-state index contributed by atoms with van der Waals surface area (Å²) < 4.78 is 5.81. The van der Waals surface area contributed by atoms with Gasteiger partial charge in [-0.25, -0.2) is 0 Å². The molecule has 0 saturated heterocycles. The summed E-state index contributed by atoms with van der Waals surface area (Å²) in [5.41, 5.74) is -0.206. The van der Waals surface area contributed by atoms with E-state index in [1.54, 1.807) is 0 Å². The molecule has 0 N–H and O–H groups in total. The topological polar surface area (TPSA) is 26.3 Å². The lowest BCUT2D eigenvalue weighted by Gasteiger charge is -2.37. The minimum Gasteiger partial charge on any atom is -0.493 e. The Morgan fingerprint density at radius 1 is 1.33 bits per heavy atom. The van der Waals surface area contributed by atoms with Crippen LogP contribution in [0, 0.1) is 5.41 Å². The summed E-state index contributed by atoms with van der Waals surface area (Å²) >= 11 is 0. The van der Waals surface area contributed by atoms with E-state index in [2.05, 4.69) is 13.5 Å². The maximum absolute atomic E-state index is 11.2. The summed E-state index contributed by atoms with van der Waals surface area (Å²) in [6, 6.07) is 0. The van der Waals surface area contributed by atoms with E-state index in [9.17, 15) is 4.79 Å². The first kappa shape index (κ1) is 12.3. The Morgan fingerprint density at radius 3 is 2.20 bits per heavy atom. The molecule has 1 aliphatic rings. The van der Waals surface area contributed by atoms with Crippen molar-refractivity contribution in [2.75, 3.05) is 0 Å². The lowest BCUT2D eigenvalue weighted by molar-refractivity contribution is -0.122. The third kappa shape index (κ3) is 3.37. The highest BCUT2D eigenvalue weighted by Crippen LogP contribution is 2.41. The molecule has 86 valence electrons. The summed E-state index contributed by atoms with van der Waals surface area (Å²) in [7, 11) is 0. The Morgan fingerprint density at radius 2 is 1.80 bits per heavy atom. The van der Waals surface area contributed by atoms with Crippen LogP contribution in [0.3, 0.4) is 0 Å². The van der Waals surface area contributed by atoms with E-state index < -0.39 is 0 Å². The molecule has 2 nitrogen and oxygen atoms in total. The van der Waals surface area contributed by atoms with Crippen molar-refractivity contribution in [1.82, 2.24) is 0 Å². The molecule has 1 fully saturated rings. The van der Waals surface area contributed by atoms with Gasteiger partial charge in [0.15, 0.2) is 0 Å². The van der Waals surface area contributed by atoms with Crippen LogP contribution in [0.25, 0.3) is 0 Å². The van der Waals surface area contributed by atoms with Gasteiger partial charge < -0.3 is 4.74 Å². The van der Waals surface area contributed by atoms with Gasteiger partial charge in [-0.2, -0.15) is 0 Å². The van der Waals surface area contributed by atoms with E-state index in [0.29, 0.717) is 18.6 Å². The Bertz CT molecular complexity index is 261. The summed E-state index contributed by atoms with van der Waals surface area (Å²) in [6.45, 7) is 12.2. The van der Waals surface area contributed by atoms with Crippen molar-refractivity contribution in [2.24, 2.45) is 5.41 Å². The number of ether oxygens (including phenoxy) is 1. The van der Waals surface area contributed by atoms with Crippen molar-refractivity contribution >= 4 is 5.78 Å². The van der Waals surface area contributed by atoms with Crippen molar-refractivity contribution in [3.05, 3.63) is 12.3 Å². The van der Waals surface area contributed by atoms with E-state index in [4.69, 9.17) is 4.74 Å². The lowest BCUT2D eigenvalue weighted by atomic mass is 9.74. The smallest absolute Gasteiger partial charge is 0.132 e. The van der Waals surface area contributed by atoms with Gasteiger partial charge in [-0.15, -0.1) is 0 Å². The second kappa shape index (κ2) is 3.99. The number of hydrogen-bond donors (Lipinski definition) is 0. The molecule has 1 rings (SSSR count). The molecular weight excluding hydrogens is 188 g/mol. The molecule has 2 heteroatoms. The third-order valence-corrected chi connectivity index (χ3v) is 3.01. The molecular formula is C13H22O2. The number of carbonyl (C=O) groups is 1. The second-order valence-corrected chi connectivity index (χ2v) is 5.74. The average Bonchev–Trinajstić information content (AvgIpc) is 2.07. The highest BCUT2D eigenvalue weighted by atomic mass is 16.5. The first-order valence-electron chi connectivity index (χ1n) is 5.63. The molecule has 0 spiro atoms. The normalized spacial score (nSPS) is 21.2. The molecule has 0 aromatic rings. The number of hydrogen-bond acceptors (Lipinski definition) is 2. The Labute approximate surface area is 92.7 Å². The minimum atomic E-state index is -0.193. The number of Topliss-reactive ketones (excluding diaryl/α,β-unsaturated/α-hetero) is 1. The summed E-state index contributed by atoms with van der Waals surface area (Å²) in [4.78, 5) is 11.2. The van der Waals surface area contributed by atoms with Crippen LogP contribution in [-0.2, 0) is 9.53 Å². The van der Waals surface area contributed by atoms with Gasteiger partial charge in [0, 0.05) is 18.3 Å². The van der Waals surface area contributed by atoms with Crippen LogP contribution >= 0.6 is 0 Å². The summed E-state index contributed by atoms with van der Waals surface area (Å²) in [5, 5.41) is 0. The van der Waals surface area contributed by atoms with Gasteiger partial charge >= 0.3 is 0 Å². The van der Waals surface area contributed by atoms with Crippen molar-refractivity contribution in [3.63, 3.8) is 0 Å². The third-order valence-electron chi connectivity index (χ3n) is 3.01. The van der Waals surface area contributed by atoms with E-state index in [1.165, 1.54) is 0 Å². The molecule has 0 heterocycles. The van der Waals surface area contributed by atoms with Crippen LogP contribution in [0.15, 0.2) is 12.3 Å². The molecule has 0 atom stereocenters. The Hall–Kier alpha value is -0.790.